The molecule has 1 saturated heterocycles. The first kappa shape index (κ1) is 29.7. The predicted octanol–water partition coefficient (Wildman–Crippen LogP) is 5.90. The molecule has 1 fully saturated rings. The van der Waals surface area contributed by atoms with Crippen molar-refractivity contribution in [1.82, 2.24) is 15.1 Å². The number of ether oxygens (including phenoxy) is 4. The fraction of sp³-hybridized carbons (Fsp3) is 0.429. The average Bonchev–Trinajstić information content (AvgIpc) is 3.37. The molecule has 4 rings (SSSR count). The molecule has 3 aromatic rings. The Labute approximate surface area is 242 Å². The van der Waals surface area contributed by atoms with Crippen molar-refractivity contribution in [2.45, 2.75) is 51.9 Å². The highest BCUT2D eigenvalue weighted by molar-refractivity contribution is 8.13. The van der Waals surface area contributed by atoms with E-state index in [0.29, 0.717) is 39.5 Å². The summed E-state index contributed by atoms with van der Waals surface area (Å²) in [6, 6.07) is 8.37. The molecule has 0 aliphatic carbocycles. The van der Waals surface area contributed by atoms with Crippen LogP contribution in [0.2, 0.25) is 5.02 Å². The van der Waals surface area contributed by atoms with Crippen LogP contribution in [0.3, 0.4) is 0 Å². The normalized spacial score (nSPS) is 16.1. The van der Waals surface area contributed by atoms with E-state index in [1.807, 2.05) is 10.7 Å². The van der Waals surface area contributed by atoms with Gasteiger partial charge in [0.25, 0.3) is 5.91 Å². The Morgan fingerprint density at radius 3 is 2.70 bits per heavy atom. The van der Waals surface area contributed by atoms with E-state index in [2.05, 4.69) is 15.4 Å². The number of methoxy groups -OCH3 is 1. The Kier molecular flexibility index (Phi) is 9.60. The summed E-state index contributed by atoms with van der Waals surface area (Å²) in [6.45, 7) is 5.75. The minimum Gasteiger partial charge on any atom is -0.493 e. The molecule has 1 aromatic heterocycles. The maximum absolute atomic E-state index is 13.0. The van der Waals surface area contributed by atoms with Gasteiger partial charge in [-0.25, -0.2) is 14.5 Å². The van der Waals surface area contributed by atoms with E-state index in [4.69, 9.17) is 30.5 Å². The van der Waals surface area contributed by atoms with Gasteiger partial charge in [0, 0.05) is 17.6 Å². The monoisotopic (exact) mass is 588 g/mol. The first-order valence-electron chi connectivity index (χ1n) is 12.8. The lowest BCUT2D eigenvalue weighted by atomic mass is 10.2. The van der Waals surface area contributed by atoms with Crippen LogP contribution in [0, 0.1) is 0 Å². The van der Waals surface area contributed by atoms with Crippen LogP contribution in [0.4, 0.5) is 5.69 Å². The van der Waals surface area contributed by atoms with E-state index in [1.54, 1.807) is 51.4 Å². The van der Waals surface area contributed by atoms with Crippen molar-refractivity contribution < 1.29 is 28.5 Å². The lowest BCUT2D eigenvalue weighted by molar-refractivity contribution is -0.157. The largest absolute Gasteiger partial charge is 0.493 e. The number of amides is 1. The summed E-state index contributed by atoms with van der Waals surface area (Å²) in [5.74, 6) is -0.303. The zero-order valence-electron chi connectivity index (χ0n) is 23.2. The topological polar surface area (TPSA) is 113 Å². The van der Waals surface area contributed by atoms with Crippen molar-refractivity contribution >= 4 is 57.0 Å². The van der Waals surface area contributed by atoms with Crippen LogP contribution in [-0.4, -0.2) is 59.0 Å². The predicted molar refractivity (Wildman–Crippen MR) is 156 cm³/mol. The molecule has 0 spiro atoms. The molecule has 12 heteroatoms. The summed E-state index contributed by atoms with van der Waals surface area (Å²) in [5.41, 5.74) is 1.07. The third-order valence-corrected chi connectivity index (χ3v) is 6.93. The van der Waals surface area contributed by atoms with Crippen LogP contribution in [0.5, 0.6) is 11.5 Å². The number of esters is 1. The molecular formula is C28H33ClN4O6S. The van der Waals surface area contributed by atoms with Crippen LogP contribution < -0.4 is 14.8 Å². The van der Waals surface area contributed by atoms with Gasteiger partial charge in [0.05, 0.1) is 29.5 Å². The van der Waals surface area contributed by atoms with Crippen molar-refractivity contribution in [3.63, 3.8) is 0 Å². The zero-order chi connectivity index (χ0) is 28.9. The number of halogens is 1. The number of aromatic nitrogens is 2. The van der Waals surface area contributed by atoms with Gasteiger partial charge in [-0.05, 0) is 76.6 Å². The van der Waals surface area contributed by atoms with Gasteiger partial charge in [-0.15, -0.1) is 0 Å². The molecule has 10 nitrogen and oxygen atoms in total. The van der Waals surface area contributed by atoms with E-state index in [1.165, 1.54) is 24.9 Å². The molecule has 214 valence electrons. The number of rotatable bonds is 7. The van der Waals surface area contributed by atoms with E-state index in [9.17, 15) is 9.59 Å². The number of carbonyl (C=O) groups is 2. The van der Waals surface area contributed by atoms with Crippen LogP contribution in [0.1, 0.15) is 56.6 Å². The number of aliphatic imine (C=N–C) groups is 1. The minimum atomic E-state index is -0.620. The van der Waals surface area contributed by atoms with Crippen LogP contribution in [0.15, 0.2) is 41.5 Å². The first-order chi connectivity index (χ1) is 19.1. The third-order valence-electron chi connectivity index (χ3n) is 5.95. The van der Waals surface area contributed by atoms with Gasteiger partial charge in [-0.1, -0.05) is 23.4 Å². The summed E-state index contributed by atoms with van der Waals surface area (Å²) in [4.78, 5) is 29.6. The number of hydrogen-bond acceptors (Lipinski definition) is 9. The van der Waals surface area contributed by atoms with E-state index < -0.39 is 17.5 Å². The second-order valence-corrected chi connectivity index (χ2v) is 11.2. The fourth-order valence-electron chi connectivity index (χ4n) is 4.15. The fourth-order valence-corrected chi connectivity index (χ4v) is 4.78. The molecule has 1 N–H and O–H groups in total. The summed E-state index contributed by atoms with van der Waals surface area (Å²) < 4.78 is 23.9. The number of fused-ring (bicyclic) bond motifs is 1. The molecule has 1 amide bonds. The Hall–Kier alpha value is -3.28. The maximum Gasteiger partial charge on any atom is 0.344 e. The average molecular weight is 589 g/mol. The quantitative estimate of drug-likeness (QED) is 0.206. The second-order valence-electron chi connectivity index (χ2n) is 10.1. The molecule has 0 bridgehead atoms. The van der Waals surface area contributed by atoms with Gasteiger partial charge in [0.15, 0.2) is 29.5 Å². The van der Waals surface area contributed by atoms with Gasteiger partial charge >= 0.3 is 5.97 Å². The molecule has 1 atom stereocenters. The lowest BCUT2D eigenvalue weighted by Crippen LogP contribution is -2.28. The molecule has 1 unspecified atom stereocenters. The van der Waals surface area contributed by atoms with Crippen LogP contribution in [-0.2, 0) is 14.3 Å². The van der Waals surface area contributed by atoms with Crippen molar-refractivity contribution in [2.24, 2.45) is 4.99 Å². The number of hydrogen-bond donors (Lipinski definition) is 1. The molecular weight excluding hydrogens is 556 g/mol. The molecule has 0 saturated carbocycles. The number of carbonyl (C=O) groups excluding carboxylic acids is 2. The molecule has 0 radical (unpaired) electrons. The molecule has 2 heterocycles. The van der Waals surface area contributed by atoms with Crippen LogP contribution in [0.25, 0.3) is 10.9 Å². The summed E-state index contributed by atoms with van der Waals surface area (Å²) in [7, 11) is 1.45. The first-order valence-corrected chi connectivity index (χ1v) is 14.4. The minimum absolute atomic E-state index is 0.108. The second kappa shape index (κ2) is 12.9. The number of nitrogens with one attached hydrogen (secondary N) is 1. The Bertz CT molecular complexity index is 1410. The van der Waals surface area contributed by atoms with Crippen molar-refractivity contribution in [3.05, 3.63) is 47.1 Å². The van der Waals surface area contributed by atoms with E-state index in [0.717, 1.165) is 30.2 Å². The molecule has 40 heavy (non-hydrogen) atoms. The highest BCUT2D eigenvalue weighted by Gasteiger charge is 2.21. The van der Waals surface area contributed by atoms with Gasteiger partial charge in [-0.3, -0.25) is 4.79 Å². The standard InChI is InChI=1S/C28H33ClN4O6S/c1-28(2,3)39-24(34)16-38-21-12-9-17(14-22(21)36-4)26(35)32-27(40-5)31-19-10-11-20-18(25(19)29)15-30-33(20)23-8-6-7-13-37-23/h9-12,14-15,23H,6-8,13,16H2,1-5H3,(H,31,32,35). The highest BCUT2D eigenvalue weighted by Crippen LogP contribution is 2.36. The van der Waals surface area contributed by atoms with E-state index >= 15 is 0 Å². The van der Waals surface area contributed by atoms with Gasteiger partial charge < -0.3 is 24.3 Å². The summed E-state index contributed by atoms with van der Waals surface area (Å²) in [6.07, 6.45) is 6.45. The highest BCUT2D eigenvalue weighted by atomic mass is 35.5. The lowest BCUT2D eigenvalue weighted by Gasteiger charge is -2.23. The molecule has 1 aliphatic heterocycles. The third kappa shape index (κ3) is 7.26. The summed E-state index contributed by atoms with van der Waals surface area (Å²) in [5, 5.41) is 8.88. The SMILES string of the molecule is COc1cc(C(=O)N/C(=N\c2ccc3c(cnn3C3CCCCO3)c2Cl)SC)ccc1OCC(=O)OC(C)(C)C. The van der Waals surface area contributed by atoms with Crippen molar-refractivity contribution in [2.75, 3.05) is 26.6 Å². The van der Waals surface area contributed by atoms with Gasteiger partial charge in [0.1, 0.15) is 5.60 Å². The van der Waals surface area contributed by atoms with Crippen molar-refractivity contribution in [3.8, 4) is 11.5 Å². The Morgan fingerprint density at radius 1 is 1.23 bits per heavy atom. The van der Waals surface area contributed by atoms with Gasteiger partial charge in [0.2, 0.25) is 0 Å². The van der Waals surface area contributed by atoms with E-state index in [-0.39, 0.29) is 12.8 Å². The molecule has 2 aromatic carbocycles. The smallest absolute Gasteiger partial charge is 0.344 e. The van der Waals surface area contributed by atoms with Gasteiger partial charge in [-0.2, -0.15) is 5.10 Å². The zero-order valence-corrected chi connectivity index (χ0v) is 24.7. The van der Waals surface area contributed by atoms with Crippen molar-refractivity contribution in [1.29, 1.82) is 0 Å². The Balaban J connectivity index is 1.48. The number of nitrogens with zero attached hydrogens (tertiary/aromatic N) is 3. The summed E-state index contributed by atoms with van der Waals surface area (Å²) >= 11 is 7.98. The number of amidine groups is 1. The van der Waals surface area contributed by atoms with Crippen LogP contribution >= 0.6 is 23.4 Å². The molecule has 1 aliphatic rings. The Morgan fingerprint density at radius 2 is 2.02 bits per heavy atom. The number of thioether (sulfide) groups is 1. The number of benzene rings is 2. The maximum atomic E-state index is 13.0.